The normalized spacial score (nSPS) is 17.2. The van der Waals surface area contributed by atoms with Crippen LogP contribution in [0.4, 0.5) is 20.6 Å². The van der Waals surface area contributed by atoms with Crippen LogP contribution in [-0.4, -0.2) is 54.8 Å². The topological polar surface area (TPSA) is 92.1 Å². The third-order valence-electron chi connectivity index (χ3n) is 5.71. The molecule has 0 atom stereocenters. The quantitative estimate of drug-likeness (QED) is 0.488. The number of halogens is 1. The summed E-state index contributed by atoms with van der Waals surface area (Å²) in [5.74, 6) is -0.683. The van der Waals surface area contributed by atoms with E-state index in [1.807, 2.05) is 12.1 Å². The van der Waals surface area contributed by atoms with Crippen molar-refractivity contribution in [2.24, 2.45) is 0 Å². The van der Waals surface area contributed by atoms with Crippen LogP contribution in [-0.2, 0) is 14.3 Å². The number of ether oxygens (including phenoxy) is 1. The second-order valence-electron chi connectivity index (χ2n) is 8.17. The summed E-state index contributed by atoms with van der Waals surface area (Å²) in [6.45, 7) is 2.57. The number of hydrogen-bond donors (Lipinski definition) is 1. The monoisotopic (exact) mass is 507 g/mol. The van der Waals surface area contributed by atoms with Crippen molar-refractivity contribution in [1.29, 1.82) is 0 Å². The van der Waals surface area contributed by atoms with Gasteiger partial charge in [-0.05, 0) is 60.3 Å². The highest BCUT2D eigenvalue weighted by molar-refractivity contribution is 8.18. The lowest BCUT2D eigenvalue weighted by molar-refractivity contribution is -0.127. The summed E-state index contributed by atoms with van der Waals surface area (Å²) in [7, 11) is 0. The Labute approximate surface area is 210 Å². The number of morpholine rings is 1. The second-order valence-corrected chi connectivity index (χ2v) is 9.17. The van der Waals surface area contributed by atoms with Crippen LogP contribution < -0.4 is 10.2 Å². The van der Waals surface area contributed by atoms with E-state index < -0.39 is 29.4 Å². The number of benzene rings is 2. The number of hydrogen-bond acceptors (Lipinski definition) is 7. The van der Waals surface area contributed by atoms with Gasteiger partial charge in [-0.3, -0.25) is 19.3 Å². The van der Waals surface area contributed by atoms with Crippen molar-refractivity contribution in [2.45, 2.75) is 0 Å². The molecular formula is C26H22FN3O5S. The molecule has 3 amide bonds. The SMILES string of the molecule is O=C(CN1C(=O)S/C(=C\c2ccc(-c3cccc(F)c3)o2)C1=O)Nc1ccc(N2CCOCC2)cc1. The molecule has 0 bridgehead atoms. The Kier molecular flexibility index (Phi) is 6.88. The molecule has 36 heavy (non-hydrogen) atoms. The van der Waals surface area contributed by atoms with E-state index in [-0.39, 0.29) is 4.91 Å². The molecule has 2 saturated heterocycles. The van der Waals surface area contributed by atoms with Gasteiger partial charge in [0, 0.05) is 36.1 Å². The average Bonchev–Trinajstić information content (AvgIpc) is 3.45. The lowest BCUT2D eigenvalue weighted by Crippen LogP contribution is -2.36. The van der Waals surface area contributed by atoms with Crippen LogP contribution in [0.25, 0.3) is 17.4 Å². The zero-order valence-electron chi connectivity index (χ0n) is 19.1. The maximum absolute atomic E-state index is 13.5. The van der Waals surface area contributed by atoms with E-state index in [0.717, 1.165) is 35.4 Å². The molecule has 10 heteroatoms. The largest absolute Gasteiger partial charge is 0.457 e. The number of imide groups is 1. The summed E-state index contributed by atoms with van der Waals surface area (Å²) < 4.78 is 24.5. The van der Waals surface area contributed by atoms with Crippen LogP contribution >= 0.6 is 11.8 Å². The van der Waals surface area contributed by atoms with Crippen molar-refractivity contribution in [1.82, 2.24) is 4.90 Å². The first-order chi connectivity index (χ1) is 17.5. The van der Waals surface area contributed by atoms with Crippen LogP contribution in [0.15, 0.2) is 70.0 Å². The molecule has 2 aliphatic rings. The van der Waals surface area contributed by atoms with Crippen molar-refractivity contribution in [3.63, 3.8) is 0 Å². The van der Waals surface area contributed by atoms with Gasteiger partial charge in [-0.2, -0.15) is 0 Å². The standard InChI is InChI=1S/C26H22FN3O5S/c27-18-3-1-2-17(14-18)22-9-8-21(35-22)15-23-25(32)30(26(33)36-23)16-24(31)28-19-4-6-20(7-5-19)29-10-12-34-13-11-29/h1-9,14-15H,10-13,16H2,(H,28,31)/b23-15-. The third-order valence-corrected chi connectivity index (χ3v) is 6.62. The fourth-order valence-electron chi connectivity index (χ4n) is 3.91. The molecule has 8 nitrogen and oxygen atoms in total. The molecule has 1 aromatic heterocycles. The highest BCUT2D eigenvalue weighted by atomic mass is 32.2. The molecule has 0 unspecified atom stereocenters. The van der Waals surface area contributed by atoms with Crippen molar-refractivity contribution >= 4 is 46.3 Å². The van der Waals surface area contributed by atoms with Gasteiger partial charge in [0.15, 0.2) is 0 Å². The van der Waals surface area contributed by atoms with Crippen LogP contribution in [0.3, 0.4) is 0 Å². The highest BCUT2D eigenvalue weighted by Gasteiger charge is 2.36. The van der Waals surface area contributed by atoms with E-state index in [4.69, 9.17) is 9.15 Å². The Morgan fingerprint density at radius 3 is 2.58 bits per heavy atom. The fourth-order valence-corrected chi connectivity index (χ4v) is 4.73. The van der Waals surface area contributed by atoms with Gasteiger partial charge in [0.2, 0.25) is 5.91 Å². The van der Waals surface area contributed by atoms with Gasteiger partial charge < -0.3 is 19.4 Å². The van der Waals surface area contributed by atoms with Gasteiger partial charge in [0.05, 0.1) is 18.1 Å². The van der Waals surface area contributed by atoms with Crippen LogP contribution in [0, 0.1) is 5.82 Å². The van der Waals surface area contributed by atoms with Crippen molar-refractivity contribution < 1.29 is 27.9 Å². The Balaban J connectivity index is 1.20. The number of amides is 3. The van der Waals surface area contributed by atoms with Crippen LogP contribution in [0.5, 0.6) is 0 Å². The Morgan fingerprint density at radius 2 is 1.83 bits per heavy atom. The van der Waals surface area contributed by atoms with E-state index in [9.17, 15) is 18.8 Å². The number of anilines is 2. The minimum absolute atomic E-state index is 0.141. The van der Waals surface area contributed by atoms with E-state index >= 15 is 0 Å². The summed E-state index contributed by atoms with van der Waals surface area (Å²) in [5.41, 5.74) is 2.16. The lowest BCUT2D eigenvalue weighted by Gasteiger charge is -2.28. The first-order valence-electron chi connectivity index (χ1n) is 11.3. The van der Waals surface area contributed by atoms with Gasteiger partial charge >= 0.3 is 0 Å². The van der Waals surface area contributed by atoms with Crippen molar-refractivity contribution in [3.8, 4) is 11.3 Å². The van der Waals surface area contributed by atoms with Crippen LogP contribution in [0.2, 0.25) is 0 Å². The predicted octanol–water partition coefficient (Wildman–Crippen LogP) is 4.60. The number of carbonyl (C=O) groups excluding carboxylic acids is 3. The first-order valence-corrected chi connectivity index (χ1v) is 12.1. The Bertz CT molecular complexity index is 1330. The molecule has 5 rings (SSSR count). The number of nitrogens with zero attached hydrogens (tertiary/aromatic N) is 2. The number of nitrogens with one attached hydrogen (secondary N) is 1. The zero-order chi connectivity index (χ0) is 25.1. The molecule has 0 saturated carbocycles. The summed E-state index contributed by atoms with van der Waals surface area (Å²) in [4.78, 5) is 41.0. The molecule has 2 fully saturated rings. The van der Waals surface area contributed by atoms with E-state index in [1.165, 1.54) is 18.2 Å². The summed E-state index contributed by atoms with van der Waals surface area (Å²) in [5, 5.41) is 2.18. The first kappa shape index (κ1) is 23.8. The highest BCUT2D eigenvalue weighted by Crippen LogP contribution is 2.33. The van der Waals surface area contributed by atoms with Crippen LogP contribution in [0.1, 0.15) is 5.76 Å². The number of rotatable bonds is 6. The van der Waals surface area contributed by atoms with Gasteiger partial charge in [-0.25, -0.2) is 4.39 Å². The minimum atomic E-state index is -0.577. The van der Waals surface area contributed by atoms with Gasteiger partial charge in [-0.1, -0.05) is 12.1 Å². The predicted molar refractivity (Wildman–Crippen MR) is 135 cm³/mol. The maximum Gasteiger partial charge on any atom is 0.294 e. The lowest BCUT2D eigenvalue weighted by atomic mass is 10.2. The van der Waals surface area contributed by atoms with E-state index in [1.54, 1.807) is 36.4 Å². The minimum Gasteiger partial charge on any atom is -0.457 e. The van der Waals surface area contributed by atoms with Crippen molar-refractivity contribution in [2.75, 3.05) is 43.1 Å². The number of carbonyl (C=O) groups is 3. The molecule has 3 aromatic rings. The van der Waals surface area contributed by atoms with E-state index in [0.29, 0.717) is 36.0 Å². The molecule has 184 valence electrons. The smallest absolute Gasteiger partial charge is 0.294 e. The molecule has 0 radical (unpaired) electrons. The Morgan fingerprint density at radius 1 is 1.06 bits per heavy atom. The summed E-state index contributed by atoms with van der Waals surface area (Å²) in [6.07, 6.45) is 1.44. The molecule has 0 spiro atoms. The molecule has 3 heterocycles. The molecule has 1 N–H and O–H groups in total. The summed E-state index contributed by atoms with van der Waals surface area (Å²) >= 11 is 0.733. The molecular weight excluding hydrogens is 485 g/mol. The number of thioether (sulfide) groups is 1. The van der Waals surface area contributed by atoms with Gasteiger partial charge in [-0.15, -0.1) is 0 Å². The number of furan rings is 1. The van der Waals surface area contributed by atoms with Crippen molar-refractivity contribution in [3.05, 3.63) is 77.1 Å². The molecule has 2 aliphatic heterocycles. The zero-order valence-corrected chi connectivity index (χ0v) is 19.9. The Hall–Kier alpha value is -3.89. The molecule has 2 aromatic carbocycles. The average molecular weight is 508 g/mol. The van der Waals surface area contributed by atoms with Gasteiger partial charge in [0.25, 0.3) is 11.1 Å². The van der Waals surface area contributed by atoms with E-state index in [2.05, 4.69) is 10.2 Å². The third kappa shape index (κ3) is 5.34. The fraction of sp³-hybridized carbons (Fsp3) is 0.192. The second kappa shape index (κ2) is 10.4. The maximum atomic E-state index is 13.5. The van der Waals surface area contributed by atoms with Gasteiger partial charge in [0.1, 0.15) is 23.9 Å². The molecule has 0 aliphatic carbocycles. The summed E-state index contributed by atoms with van der Waals surface area (Å²) in [6, 6.07) is 16.6.